The number of carboxylic acid groups (broad SMARTS) is 1. The Hall–Kier alpha value is -1.66. The number of carboxylic acids is 1. The van der Waals surface area contributed by atoms with Crippen LogP contribution in [0.1, 0.15) is 43.6 Å². The minimum atomic E-state index is -1.08. The lowest BCUT2D eigenvalue weighted by molar-refractivity contribution is 0.00578. The molecule has 0 atom stereocenters. The summed E-state index contributed by atoms with van der Waals surface area (Å²) in [4.78, 5) is 10.9. The molecule has 21 heavy (non-hydrogen) atoms. The largest absolute Gasteiger partial charge is 0.525 e. The van der Waals surface area contributed by atoms with E-state index in [2.05, 4.69) is 0 Å². The van der Waals surface area contributed by atoms with E-state index in [0.29, 0.717) is 5.56 Å². The van der Waals surface area contributed by atoms with Crippen LogP contribution in [0, 0.1) is 0 Å². The van der Waals surface area contributed by atoms with Gasteiger partial charge in [-0.2, -0.15) is 0 Å². The van der Waals surface area contributed by atoms with E-state index in [0.717, 1.165) is 0 Å². The molecule has 6 heteroatoms. The van der Waals surface area contributed by atoms with Crippen LogP contribution in [0.5, 0.6) is 0 Å². The SMILES string of the molecule is CC1(C)OB(/C(F)=C/c2cccc(C(=O)O)c2)OC1(C)C. The van der Waals surface area contributed by atoms with Crippen LogP contribution < -0.4 is 0 Å². The summed E-state index contributed by atoms with van der Waals surface area (Å²) in [7, 11) is -1.08. The molecule has 1 saturated heterocycles. The predicted octanol–water partition coefficient (Wildman–Crippen LogP) is 3.33. The summed E-state index contributed by atoms with van der Waals surface area (Å²) >= 11 is 0. The van der Waals surface area contributed by atoms with Crippen molar-refractivity contribution in [2.45, 2.75) is 38.9 Å². The molecule has 0 spiro atoms. The third kappa shape index (κ3) is 3.17. The van der Waals surface area contributed by atoms with Crippen molar-refractivity contribution in [3.8, 4) is 0 Å². The van der Waals surface area contributed by atoms with Gasteiger partial charge in [-0.25, -0.2) is 9.18 Å². The van der Waals surface area contributed by atoms with Crippen molar-refractivity contribution in [2.75, 3.05) is 0 Å². The summed E-state index contributed by atoms with van der Waals surface area (Å²) in [6.45, 7) is 7.35. The van der Waals surface area contributed by atoms with Gasteiger partial charge in [-0.05, 0) is 51.5 Å². The van der Waals surface area contributed by atoms with Crippen molar-refractivity contribution in [3.05, 3.63) is 41.1 Å². The number of hydrogen-bond acceptors (Lipinski definition) is 3. The maximum Gasteiger partial charge on any atom is 0.525 e. The predicted molar refractivity (Wildman–Crippen MR) is 78.6 cm³/mol. The number of rotatable bonds is 3. The van der Waals surface area contributed by atoms with Crippen molar-refractivity contribution in [3.63, 3.8) is 0 Å². The Bertz CT molecular complexity index is 579. The molecule has 1 heterocycles. The number of benzene rings is 1. The first-order valence-electron chi connectivity index (χ1n) is 6.68. The van der Waals surface area contributed by atoms with Crippen LogP contribution in [0.4, 0.5) is 4.39 Å². The van der Waals surface area contributed by atoms with E-state index < -0.39 is 30.0 Å². The van der Waals surface area contributed by atoms with Gasteiger partial charge in [-0.3, -0.25) is 0 Å². The quantitative estimate of drug-likeness (QED) is 0.868. The van der Waals surface area contributed by atoms with Gasteiger partial charge in [-0.15, -0.1) is 0 Å². The van der Waals surface area contributed by atoms with Crippen LogP contribution in [0.2, 0.25) is 0 Å². The van der Waals surface area contributed by atoms with Crippen molar-refractivity contribution in [2.24, 2.45) is 0 Å². The van der Waals surface area contributed by atoms with Crippen LogP contribution in [0.15, 0.2) is 30.0 Å². The lowest BCUT2D eigenvalue weighted by Crippen LogP contribution is -2.41. The molecule has 112 valence electrons. The van der Waals surface area contributed by atoms with Gasteiger partial charge in [0.15, 0.2) is 0 Å². The lowest BCUT2D eigenvalue weighted by Gasteiger charge is -2.32. The summed E-state index contributed by atoms with van der Waals surface area (Å²) in [5.41, 5.74) is -1.28. The fourth-order valence-electron chi connectivity index (χ4n) is 1.94. The Kier molecular flexibility index (Phi) is 3.95. The zero-order chi connectivity index (χ0) is 15.8. The Labute approximate surface area is 123 Å². The van der Waals surface area contributed by atoms with Gasteiger partial charge in [0.25, 0.3) is 0 Å². The number of hydrogen-bond donors (Lipinski definition) is 1. The van der Waals surface area contributed by atoms with E-state index in [9.17, 15) is 9.18 Å². The van der Waals surface area contributed by atoms with Crippen molar-refractivity contribution < 1.29 is 23.6 Å². The topological polar surface area (TPSA) is 55.8 Å². The fourth-order valence-corrected chi connectivity index (χ4v) is 1.94. The Balaban J connectivity index is 2.23. The van der Waals surface area contributed by atoms with Crippen LogP contribution >= 0.6 is 0 Å². The fraction of sp³-hybridized carbons (Fsp3) is 0.400. The van der Waals surface area contributed by atoms with Crippen molar-refractivity contribution in [1.82, 2.24) is 0 Å². The molecule has 2 rings (SSSR count). The monoisotopic (exact) mass is 292 g/mol. The van der Waals surface area contributed by atoms with E-state index in [1.54, 1.807) is 12.1 Å². The minimum absolute atomic E-state index is 0.102. The van der Waals surface area contributed by atoms with Crippen molar-refractivity contribution >= 4 is 19.2 Å². The maximum atomic E-state index is 14.3. The van der Waals surface area contributed by atoms with Crippen LogP contribution in [0.3, 0.4) is 0 Å². The molecule has 1 aliphatic rings. The molecule has 4 nitrogen and oxygen atoms in total. The molecular weight excluding hydrogens is 274 g/mol. The normalized spacial score (nSPS) is 20.6. The highest BCUT2D eigenvalue weighted by molar-refractivity contribution is 6.54. The summed E-state index contributed by atoms with van der Waals surface area (Å²) < 4.78 is 25.5. The zero-order valence-electron chi connectivity index (χ0n) is 12.5. The standard InChI is InChI=1S/C15H18BFO4/c1-14(2)15(3,4)21-16(20-14)12(17)9-10-6-5-7-11(8-10)13(18)19/h5-9H,1-4H3,(H,18,19)/b12-9-. The molecule has 1 fully saturated rings. The van der Waals surface area contributed by atoms with Crippen LogP contribution in [-0.4, -0.2) is 29.4 Å². The van der Waals surface area contributed by atoms with Gasteiger partial charge in [0.2, 0.25) is 0 Å². The molecule has 1 aliphatic heterocycles. The smallest absolute Gasteiger partial charge is 0.478 e. The third-order valence-corrected chi connectivity index (χ3v) is 3.92. The van der Waals surface area contributed by atoms with E-state index in [4.69, 9.17) is 14.4 Å². The van der Waals surface area contributed by atoms with Gasteiger partial charge < -0.3 is 14.4 Å². The zero-order valence-corrected chi connectivity index (χ0v) is 12.5. The molecule has 1 N–H and O–H groups in total. The molecule has 0 saturated carbocycles. The first-order chi connectivity index (χ1) is 9.62. The van der Waals surface area contributed by atoms with Gasteiger partial charge in [0, 0.05) is 0 Å². The average molecular weight is 292 g/mol. The molecule has 0 bridgehead atoms. The van der Waals surface area contributed by atoms with Gasteiger partial charge in [0.1, 0.15) is 5.73 Å². The third-order valence-electron chi connectivity index (χ3n) is 3.92. The second kappa shape index (κ2) is 5.28. The average Bonchev–Trinajstić information content (AvgIpc) is 2.59. The van der Waals surface area contributed by atoms with Crippen LogP contribution in [0.25, 0.3) is 6.08 Å². The molecule has 0 aromatic heterocycles. The molecule has 0 unspecified atom stereocenters. The first-order valence-corrected chi connectivity index (χ1v) is 6.68. The molecule has 0 amide bonds. The van der Waals surface area contributed by atoms with E-state index >= 15 is 0 Å². The summed E-state index contributed by atoms with van der Waals surface area (Å²) in [5, 5.41) is 8.93. The van der Waals surface area contributed by atoms with E-state index in [1.807, 2.05) is 27.7 Å². The van der Waals surface area contributed by atoms with E-state index in [-0.39, 0.29) is 5.56 Å². The molecule has 0 aliphatic carbocycles. The summed E-state index contributed by atoms with van der Waals surface area (Å²) in [5.74, 6) is -1.05. The highest BCUT2D eigenvalue weighted by atomic mass is 19.1. The molecule has 1 aromatic rings. The first kappa shape index (κ1) is 15.7. The summed E-state index contributed by atoms with van der Waals surface area (Å²) in [6, 6.07) is 6.03. The Morgan fingerprint density at radius 2 is 1.81 bits per heavy atom. The highest BCUT2D eigenvalue weighted by Gasteiger charge is 2.53. The summed E-state index contributed by atoms with van der Waals surface area (Å²) in [6.07, 6.45) is 1.23. The van der Waals surface area contributed by atoms with Crippen LogP contribution in [-0.2, 0) is 9.31 Å². The number of aromatic carboxylic acids is 1. The number of carbonyl (C=O) groups is 1. The molecule has 0 radical (unpaired) electrons. The maximum absolute atomic E-state index is 14.3. The molecular formula is C15H18BFO4. The Morgan fingerprint density at radius 3 is 2.33 bits per heavy atom. The van der Waals surface area contributed by atoms with Gasteiger partial charge in [-0.1, -0.05) is 12.1 Å². The minimum Gasteiger partial charge on any atom is -0.478 e. The lowest BCUT2D eigenvalue weighted by atomic mass is 9.86. The van der Waals surface area contributed by atoms with Crippen molar-refractivity contribution in [1.29, 1.82) is 0 Å². The molecule has 1 aromatic carbocycles. The van der Waals surface area contributed by atoms with E-state index in [1.165, 1.54) is 18.2 Å². The van der Waals surface area contributed by atoms with Gasteiger partial charge >= 0.3 is 13.1 Å². The van der Waals surface area contributed by atoms with Gasteiger partial charge in [0.05, 0.1) is 16.8 Å². The second-order valence-electron chi connectivity index (χ2n) is 6.05. The highest BCUT2D eigenvalue weighted by Crippen LogP contribution is 2.39. The number of halogens is 1. The Morgan fingerprint density at radius 1 is 1.24 bits per heavy atom. The second-order valence-corrected chi connectivity index (χ2v) is 6.05.